The Bertz CT molecular complexity index is 940. The lowest BCUT2D eigenvalue weighted by atomic mass is 10.1. The second-order valence-electron chi connectivity index (χ2n) is 7.20. The average Bonchev–Trinajstić information content (AvgIpc) is 3.28. The van der Waals surface area contributed by atoms with Gasteiger partial charge >= 0.3 is 0 Å². The molecule has 1 saturated carbocycles. The number of methoxy groups -OCH3 is 1. The summed E-state index contributed by atoms with van der Waals surface area (Å²) in [6, 6.07) is 12.2. The molecule has 0 aliphatic heterocycles. The summed E-state index contributed by atoms with van der Waals surface area (Å²) < 4.78 is 25.7. The zero-order valence-electron chi connectivity index (χ0n) is 17.8. The molecule has 0 spiro atoms. The lowest BCUT2D eigenvalue weighted by Gasteiger charge is -2.19. The van der Waals surface area contributed by atoms with E-state index in [0.717, 1.165) is 29.9 Å². The van der Waals surface area contributed by atoms with E-state index in [1.807, 2.05) is 24.3 Å². The van der Waals surface area contributed by atoms with E-state index < -0.39 is 5.82 Å². The van der Waals surface area contributed by atoms with Gasteiger partial charge in [0.1, 0.15) is 17.3 Å². The molecule has 0 atom stereocenters. The van der Waals surface area contributed by atoms with Crippen LogP contribution in [0.15, 0.2) is 41.4 Å². The molecule has 2 N–H and O–H groups in total. The van der Waals surface area contributed by atoms with Gasteiger partial charge in [-0.3, -0.25) is 4.99 Å². The lowest BCUT2D eigenvalue weighted by Crippen LogP contribution is -2.36. The van der Waals surface area contributed by atoms with Gasteiger partial charge < -0.3 is 20.1 Å². The van der Waals surface area contributed by atoms with Gasteiger partial charge in [-0.2, -0.15) is 5.26 Å². The van der Waals surface area contributed by atoms with Crippen molar-refractivity contribution in [2.75, 3.05) is 14.2 Å². The quantitative estimate of drug-likeness (QED) is 0.308. The molecule has 0 saturated heterocycles. The first kappa shape index (κ1) is 24.7. The summed E-state index contributed by atoms with van der Waals surface area (Å²) in [7, 11) is 3.30. The highest BCUT2D eigenvalue weighted by atomic mass is 127. The van der Waals surface area contributed by atoms with Crippen molar-refractivity contribution in [2.24, 2.45) is 4.99 Å². The number of nitriles is 1. The van der Waals surface area contributed by atoms with Crippen molar-refractivity contribution in [2.45, 2.75) is 44.9 Å². The van der Waals surface area contributed by atoms with Crippen LogP contribution in [0.1, 0.15) is 42.4 Å². The first-order valence-electron chi connectivity index (χ1n) is 10.1. The number of ether oxygens (including phenoxy) is 2. The van der Waals surface area contributed by atoms with Crippen molar-refractivity contribution >= 4 is 29.9 Å². The van der Waals surface area contributed by atoms with E-state index in [1.54, 1.807) is 26.3 Å². The van der Waals surface area contributed by atoms with Gasteiger partial charge in [-0.1, -0.05) is 6.07 Å². The third-order valence-corrected chi connectivity index (χ3v) is 5.17. The van der Waals surface area contributed by atoms with E-state index >= 15 is 0 Å². The molecule has 6 nitrogen and oxygen atoms in total. The number of hydrogen-bond acceptors (Lipinski definition) is 4. The number of rotatable bonds is 7. The normalized spacial score (nSPS) is 13.8. The van der Waals surface area contributed by atoms with Crippen LogP contribution < -0.4 is 20.1 Å². The van der Waals surface area contributed by atoms with Crippen LogP contribution in [-0.2, 0) is 13.1 Å². The summed E-state index contributed by atoms with van der Waals surface area (Å²) in [5, 5.41) is 15.2. The Morgan fingerprint density at radius 2 is 1.81 bits per heavy atom. The van der Waals surface area contributed by atoms with Crippen molar-refractivity contribution in [1.29, 1.82) is 5.26 Å². The highest BCUT2D eigenvalue weighted by Gasteiger charge is 2.18. The number of nitrogens with zero attached hydrogens (tertiary/aromatic N) is 2. The fourth-order valence-corrected chi connectivity index (χ4v) is 3.44. The highest BCUT2D eigenvalue weighted by Crippen LogP contribution is 2.30. The molecule has 31 heavy (non-hydrogen) atoms. The van der Waals surface area contributed by atoms with Gasteiger partial charge in [0.05, 0.1) is 24.8 Å². The minimum Gasteiger partial charge on any atom is -0.497 e. The Labute approximate surface area is 199 Å². The molecule has 2 aromatic carbocycles. The van der Waals surface area contributed by atoms with Gasteiger partial charge in [-0.25, -0.2) is 4.39 Å². The molecule has 166 valence electrons. The molecule has 1 aliphatic carbocycles. The van der Waals surface area contributed by atoms with Crippen molar-refractivity contribution in [1.82, 2.24) is 10.6 Å². The summed E-state index contributed by atoms with van der Waals surface area (Å²) in [5.74, 6) is 1.69. The number of halogens is 2. The van der Waals surface area contributed by atoms with E-state index in [9.17, 15) is 4.39 Å². The first-order chi connectivity index (χ1) is 14.6. The lowest BCUT2D eigenvalue weighted by molar-refractivity contribution is 0.207. The molecule has 0 bridgehead atoms. The summed E-state index contributed by atoms with van der Waals surface area (Å²) >= 11 is 0. The SMILES string of the molecule is CN=C(NCc1ccc(C#N)cc1F)NCc1ccc(OC)cc1OC1CCCC1.I. The Morgan fingerprint density at radius 3 is 2.42 bits per heavy atom. The third-order valence-electron chi connectivity index (χ3n) is 5.17. The molecule has 1 fully saturated rings. The molecule has 8 heteroatoms. The smallest absolute Gasteiger partial charge is 0.191 e. The maximum atomic E-state index is 14.1. The third kappa shape index (κ3) is 6.99. The summed E-state index contributed by atoms with van der Waals surface area (Å²) in [6.45, 7) is 0.757. The van der Waals surface area contributed by atoms with Crippen LogP contribution in [0.5, 0.6) is 11.5 Å². The number of nitrogens with one attached hydrogen (secondary N) is 2. The van der Waals surface area contributed by atoms with Crippen molar-refractivity contribution in [3.63, 3.8) is 0 Å². The topological polar surface area (TPSA) is 78.7 Å². The van der Waals surface area contributed by atoms with E-state index in [2.05, 4.69) is 15.6 Å². The molecule has 1 aliphatic rings. The standard InChI is InChI=1S/C23H27FN4O2.HI/c1-26-23(27-14-17-8-7-16(13-25)11-21(17)24)28-15-18-9-10-20(29-2)12-22(18)30-19-5-3-4-6-19;/h7-12,19H,3-6,14-15H2,1-2H3,(H2,26,27,28);1H. The van der Waals surface area contributed by atoms with Gasteiger partial charge in [-0.05, 0) is 49.9 Å². The Hall–Kier alpha value is -2.54. The van der Waals surface area contributed by atoms with Crippen molar-refractivity contribution in [3.05, 3.63) is 58.9 Å². The first-order valence-corrected chi connectivity index (χ1v) is 10.1. The van der Waals surface area contributed by atoms with Crippen LogP contribution >= 0.6 is 24.0 Å². The maximum absolute atomic E-state index is 14.1. The summed E-state index contributed by atoms with van der Waals surface area (Å²) in [4.78, 5) is 4.20. The summed E-state index contributed by atoms with van der Waals surface area (Å²) in [5.41, 5.74) is 1.76. The van der Waals surface area contributed by atoms with Crippen LogP contribution in [0.4, 0.5) is 4.39 Å². The highest BCUT2D eigenvalue weighted by molar-refractivity contribution is 14.0. The predicted octanol–water partition coefficient (Wildman–Crippen LogP) is 4.51. The van der Waals surface area contributed by atoms with Gasteiger partial charge in [0.15, 0.2) is 5.96 Å². The van der Waals surface area contributed by atoms with Crippen LogP contribution in [0.25, 0.3) is 0 Å². The monoisotopic (exact) mass is 538 g/mol. The van der Waals surface area contributed by atoms with Gasteiger partial charge in [0.25, 0.3) is 0 Å². The minimum absolute atomic E-state index is 0. The molecule has 0 heterocycles. The number of hydrogen-bond donors (Lipinski definition) is 2. The zero-order valence-corrected chi connectivity index (χ0v) is 20.1. The second kappa shape index (κ2) is 12.3. The number of benzene rings is 2. The maximum Gasteiger partial charge on any atom is 0.191 e. The Morgan fingerprint density at radius 1 is 1.13 bits per heavy atom. The number of guanidine groups is 1. The van der Waals surface area contributed by atoms with E-state index in [1.165, 1.54) is 18.9 Å². The van der Waals surface area contributed by atoms with Gasteiger partial charge in [-0.15, -0.1) is 24.0 Å². The molecular formula is C23H28FIN4O2. The van der Waals surface area contributed by atoms with Crippen LogP contribution in [-0.4, -0.2) is 26.2 Å². The average molecular weight is 538 g/mol. The summed E-state index contributed by atoms with van der Waals surface area (Å²) in [6.07, 6.45) is 4.79. The van der Waals surface area contributed by atoms with Gasteiger partial charge in [0, 0.05) is 37.3 Å². The molecule has 2 aromatic rings. The number of aliphatic imine (C=N–C) groups is 1. The van der Waals surface area contributed by atoms with Crippen molar-refractivity contribution < 1.29 is 13.9 Å². The van der Waals surface area contributed by atoms with E-state index in [0.29, 0.717) is 23.6 Å². The van der Waals surface area contributed by atoms with Crippen molar-refractivity contribution in [3.8, 4) is 17.6 Å². The fraction of sp³-hybridized carbons (Fsp3) is 0.391. The van der Waals surface area contributed by atoms with Gasteiger partial charge in [0.2, 0.25) is 0 Å². The molecule has 0 aromatic heterocycles. The molecule has 0 amide bonds. The van der Waals surface area contributed by atoms with Crippen LogP contribution in [0, 0.1) is 17.1 Å². The second-order valence-corrected chi connectivity index (χ2v) is 7.20. The minimum atomic E-state index is -0.417. The fourth-order valence-electron chi connectivity index (χ4n) is 3.44. The van der Waals surface area contributed by atoms with Crippen LogP contribution in [0.3, 0.4) is 0 Å². The molecule has 0 radical (unpaired) electrons. The Balaban J connectivity index is 0.00000341. The Kier molecular flexibility index (Phi) is 9.85. The predicted molar refractivity (Wildman–Crippen MR) is 129 cm³/mol. The largest absolute Gasteiger partial charge is 0.497 e. The molecular weight excluding hydrogens is 510 g/mol. The van der Waals surface area contributed by atoms with E-state index in [4.69, 9.17) is 14.7 Å². The molecule has 0 unspecified atom stereocenters. The molecule has 3 rings (SSSR count). The van der Waals surface area contributed by atoms with Crippen LogP contribution in [0.2, 0.25) is 0 Å². The van der Waals surface area contributed by atoms with E-state index in [-0.39, 0.29) is 36.6 Å². The zero-order chi connectivity index (χ0) is 21.3.